The Morgan fingerprint density at radius 2 is 1.54 bits per heavy atom. The van der Waals surface area contributed by atoms with Crippen LogP contribution < -0.4 is 10.6 Å². The molecule has 0 spiro atoms. The molecular weight excluding hydrogens is 352 g/mol. The van der Waals surface area contributed by atoms with E-state index in [2.05, 4.69) is 20.8 Å². The third kappa shape index (κ3) is 3.76. The van der Waals surface area contributed by atoms with Crippen molar-refractivity contribution in [3.05, 3.63) is 95.6 Å². The van der Waals surface area contributed by atoms with Gasteiger partial charge in [-0.1, -0.05) is 48.5 Å². The second-order valence-corrected chi connectivity index (χ2v) is 6.32. The molecule has 2 amide bonds. The first kappa shape index (κ1) is 17.5. The summed E-state index contributed by atoms with van der Waals surface area (Å²) in [6, 6.07) is 23.8. The van der Waals surface area contributed by atoms with Gasteiger partial charge >= 0.3 is 0 Å². The van der Waals surface area contributed by atoms with Gasteiger partial charge in [-0.2, -0.15) is 5.10 Å². The number of aromatic amines is 1. The second kappa shape index (κ2) is 7.75. The third-order valence-corrected chi connectivity index (χ3v) is 4.39. The van der Waals surface area contributed by atoms with E-state index < -0.39 is 0 Å². The molecule has 1 aromatic heterocycles. The maximum Gasteiger partial charge on any atom is 0.256 e. The Labute approximate surface area is 161 Å². The van der Waals surface area contributed by atoms with Crippen LogP contribution in [0.3, 0.4) is 0 Å². The summed E-state index contributed by atoms with van der Waals surface area (Å²) in [6.45, 7) is 0.445. The highest BCUT2D eigenvalue weighted by atomic mass is 16.2. The van der Waals surface area contributed by atoms with E-state index in [0.717, 1.165) is 11.1 Å². The predicted octanol–water partition coefficient (Wildman–Crippen LogP) is 3.75. The summed E-state index contributed by atoms with van der Waals surface area (Å²) in [5.74, 6) is -0.0539. The fraction of sp³-hybridized carbons (Fsp3) is 0.0455. The van der Waals surface area contributed by atoms with Crippen molar-refractivity contribution < 1.29 is 9.59 Å². The van der Waals surface area contributed by atoms with Crippen molar-refractivity contribution in [3.8, 4) is 0 Å². The molecule has 0 aliphatic carbocycles. The zero-order valence-electron chi connectivity index (χ0n) is 15.0. The molecule has 1 heterocycles. The number of fused-ring (bicyclic) bond motifs is 1. The molecular formula is C22H18N4O2. The number of nitrogens with one attached hydrogen (secondary N) is 3. The Bertz CT molecular complexity index is 1120. The Morgan fingerprint density at radius 3 is 2.29 bits per heavy atom. The fourth-order valence-corrected chi connectivity index (χ4v) is 2.90. The van der Waals surface area contributed by atoms with Crippen molar-refractivity contribution >= 4 is 28.5 Å². The molecule has 138 valence electrons. The molecule has 6 heteroatoms. The molecule has 4 aromatic rings. The van der Waals surface area contributed by atoms with Crippen LogP contribution in [0.5, 0.6) is 0 Å². The lowest BCUT2D eigenvalue weighted by Gasteiger charge is -2.06. The van der Waals surface area contributed by atoms with Crippen LogP contribution in [0, 0.1) is 0 Å². The molecule has 0 fully saturated rings. The van der Waals surface area contributed by atoms with Gasteiger partial charge in [-0.05, 0) is 35.9 Å². The lowest BCUT2D eigenvalue weighted by Crippen LogP contribution is -2.22. The number of H-pyrrole nitrogens is 1. The highest BCUT2D eigenvalue weighted by Crippen LogP contribution is 2.22. The molecule has 0 unspecified atom stereocenters. The summed E-state index contributed by atoms with van der Waals surface area (Å²) in [7, 11) is 0. The molecule has 3 N–H and O–H groups in total. The third-order valence-electron chi connectivity index (χ3n) is 4.39. The predicted molar refractivity (Wildman–Crippen MR) is 108 cm³/mol. The van der Waals surface area contributed by atoms with Gasteiger partial charge in [-0.15, -0.1) is 0 Å². The molecule has 0 aliphatic heterocycles. The van der Waals surface area contributed by atoms with Crippen molar-refractivity contribution in [2.45, 2.75) is 6.54 Å². The molecule has 0 saturated carbocycles. The fourth-order valence-electron chi connectivity index (χ4n) is 2.90. The number of rotatable bonds is 5. The number of carbonyl (C=O) groups excluding carboxylic acids is 2. The molecule has 0 bridgehead atoms. The highest BCUT2D eigenvalue weighted by molar-refractivity contribution is 6.09. The number of carbonyl (C=O) groups is 2. The van der Waals surface area contributed by atoms with Crippen molar-refractivity contribution in [3.63, 3.8) is 0 Å². The lowest BCUT2D eigenvalue weighted by molar-refractivity contribution is 0.0950. The number of anilines is 1. The summed E-state index contributed by atoms with van der Waals surface area (Å²) < 4.78 is 0. The molecule has 3 aromatic carbocycles. The molecule has 0 saturated heterocycles. The van der Waals surface area contributed by atoms with Crippen molar-refractivity contribution in [2.75, 3.05) is 5.32 Å². The van der Waals surface area contributed by atoms with Gasteiger partial charge in [0.15, 0.2) is 5.82 Å². The number of benzene rings is 3. The van der Waals surface area contributed by atoms with Crippen LogP contribution >= 0.6 is 0 Å². The van der Waals surface area contributed by atoms with Gasteiger partial charge < -0.3 is 10.6 Å². The molecule has 0 atom stereocenters. The molecule has 28 heavy (non-hydrogen) atoms. The van der Waals surface area contributed by atoms with Gasteiger partial charge in [0.25, 0.3) is 11.8 Å². The van der Waals surface area contributed by atoms with Gasteiger partial charge in [0.1, 0.15) is 0 Å². The van der Waals surface area contributed by atoms with Gasteiger partial charge in [-0.3, -0.25) is 14.7 Å². The Balaban J connectivity index is 1.52. The first-order valence-electron chi connectivity index (χ1n) is 8.87. The van der Waals surface area contributed by atoms with Crippen molar-refractivity contribution in [1.29, 1.82) is 0 Å². The van der Waals surface area contributed by atoms with Gasteiger partial charge in [0.05, 0.1) is 5.52 Å². The zero-order chi connectivity index (χ0) is 19.3. The SMILES string of the molecule is O=C(NCc1ccccc1)c1ccc2[nH]nc(NC(=O)c3ccccc3)c2c1. The van der Waals surface area contributed by atoms with E-state index in [1.165, 1.54) is 0 Å². The number of nitrogens with zero attached hydrogens (tertiary/aromatic N) is 1. The maximum atomic E-state index is 12.5. The Hall–Kier alpha value is -3.93. The van der Waals surface area contributed by atoms with Crippen molar-refractivity contribution in [2.24, 2.45) is 0 Å². The van der Waals surface area contributed by atoms with Crippen LogP contribution in [0.25, 0.3) is 10.9 Å². The van der Waals surface area contributed by atoms with E-state index in [-0.39, 0.29) is 11.8 Å². The normalized spacial score (nSPS) is 10.6. The van der Waals surface area contributed by atoms with E-state index in [9.17, 15) is 9.59 Å². The molecule has 0 radical (unpaired) electrons. The first-order chi connectivity index (χ1) is 13.7. The van der Waals surface area contributed by atoms with Gasteiger partial charge in [-0.25, -0.2) is 0 Å². The van der Waals surface area contributed by atoms with Crippen LogP contribution in [-0.2, 0) is 6.54 Å². The summed E-state index contributed by atoms with van der Waals surface area (Å²) in [6.07, 6.45) is 0. The largest absolute Gasteiger partial charge is 0.348 e. The Kier molecular flexibility index (Phi) is 4.84. The quantitative estimate of drug-likeness (QED) is 0.500. The number of hydrogen-bond acceptors (Lipinski definition) is 3. The standard InChI is InChI=1S/C22H18N4O2/c27-21(23-14-15-7-3-1-4-8-15)17-11-12-19-18(13-17)20(26-25-19)24-22(28)16-9-5-2-6-10-16/h1-13H,14H2,(H,23,27)(H2,24,25,26,28). The van der Waals surface area contributed by atoms with Crippen molar-refractivity contribution in [1.82, 2.24) is 15.5 Å². The minimum atomic E-state index is -0.257. The maximum absolute atomic E-state index is 12.5. The summed E-state index contributed by atoms with van der Waals surface area (Å²) in [5, 5.41) is 13.4. The minimum Gasteiger partial charge on any atom is -0.348 e. The minimum absolute atomic E-state index is 0.188. The average molecular weight is 370 g/mol. The van der Waals surface area contributed by atoms with E-state index in [1.54, 1.807) is 42.5 Å². The second-order valence-electron chi connectivity index (χ2n) is 6.32. The summed E-state index contributed by atoms with van der Waals surface area (Å²) in [5.41, 5.74) is 2.80. The number of hydrogen-bond donors (Lipinski definition) is 3. The van der Waals surface area contributed by atoms with Crippen LogP contribution in [0.15, 0.2) is 78.9 Å². The lowest BCUT2D eigenvalue weighted by atomic mass is 10.1. The Morgan fingerprint density at radius 1 is 0.821 bits per heavy atom. The highest BCUT2D eigenvalue weighted by Gasteiger charge is 2.13. The van der Waals surface area contributed by atoms with Crippen LogP contribution in [-0.4, -0.2) is 22.0 Å². The molecule has 6 nitrogen and oxygen atoms in total. The summed E-state index contributed by atoms with van der Waals surface area (Å²) >= 11 is 0. The van der Waals surface area contributed by atoms with E-state index in [4.69, 9.17) is 0 Å². The summed E-state index contributed by atoms with van der Waals surface area (Å²) in [4.78, 5) is 24.9. The van der Waals surface area contributed by atoms with Gasteiger partial charge in [0, 0.05) is 23.1 Å². The average Bonchev–Trinajstić information content (AvgIpc) is 3.15. The number of aromatic nitrogens is 2. The molecule has 4 rings (SSSR count). The van der Waals surface area contributed by atoms with Gasteiger partial charge in [0.2, 0.25) is 0 Å². The van der Waals surface area contributed by atoms with Crippen LogP contribution in [0.2, 0.25) is 0 Å². The topological polar surface area (TPSA) is 86.9 Å². The van der Waals surface area contributed by atoms with Crippen LogP contribution in [0.1, 0.15) is 26.3 Å². The molecule has 0 aliphatic rings. The first-order valence-corrected chi connectivity index (χ1v) is 8.87. The smallest absolute Gasteiger partial charge is 0.256 e. The number of amides is 2. The van der Waals surface area contributed by atoms with E-state index >= 15 is 0 Å². The van der Waals surface area contributed by atoms with Crippen LogP contribution in [0.4, 0.5) is 5.82 Å². The zero-order valence-corrected chi connectivity index (χ0v) is 15.0. The van der Waals surface area contributed by atoms with E-state index in [0.29, 0.717) is 28.9 Å². The monoisotopic (exact) mass is 370 g/mol. The van der Waals surface area contributed by atoms with E-state index in [1.807, 2.05) is 36.4 Å².